The molecular weight excluding hydrogens is 232 g/mol. The van der Waals surface area contributed by atoms with Gasteiger partial charge in [0.25, 0.3) is 0 Å². The van der Waals surface area contributed by atoms with E-state index >= 15 is 0 Å². The van der Waals surface area contributed by atoms with Crippen molar-refractivity contribution in [3.05, 3.63) is 28.8 Å². The molecule has 3 heteroatoms. The molecule has 1 saturated carbocycles. The molecule has 1 aromatic rings. The number of halogens is 1. The molecular formula is C14H21ClN2. The lowest BCUT2D eigenvalue weighted by atomic mass is 10.1. The van der Waals surface area contributed by atoms with Crippen LogP contribution in [-0.2, 0) is 0 Å². The molecule has 94 valence electrons. The van der Waals surface area contributed by atoms with Gasteiger partial charge in [-0.25, -0.2) is 0 Å². The van der Waals surface area contributed by atoms with E-state index in [0.29, 0.717) is 6.04 Å². The summed E-state index contributed by atoms with van der Waals surface area (Å²) in [5.74, 6) is 0.837. The van der Waals surface area contributed by atoms with Gasteiger partial charge in [-0.1, -0.05) is 17.7 Å². The van der Waals surface area contributed by atoms with Crippen molar-refractivity contribution in [1.82, 2.24) is 0 Å². The van der Waals surface area contributed by atoms with E-state index < -0.39 is 0 Å². The van der Waals surface area contributed by atoms with E-state index in [-0.39, 0.29) is 6.04 Å². The van der Waals surface area contributed by atoms with E-state index in [4.69, 9.17) is 17.3 Å². The maximum absolute atomic E-state index is 6.34. The summed E-state index contributed by atoms with van der Waals surface area (Å²) in [7, 11) is 2.12. The van der Waals surface area contributed by atoms with Crippen LogP contribution in [0.25, 0.3) is 0 Å². The number of nitrogens with zero attached hydrogens (tertiary/aromatic N) is 1. The van der Waals surface area contributed by atoms with Gasteiger partial charge in [0.15, 0.2) is 0 Å². The molecule has 1 unspecified atom stereocenters. The van der Waals surface area contributed by atoms with E-state index in [1.54, 1.807) is 0 Å². The van der Waals surface area contributed by atoms with Crippen LogP contribution < -0.4 is 10.6 Å². The molecule has 0 spiro atoms. The second-order valence-corrected chi connectivity index (χ2v) is 5.60. The topological polar surface area (TPSA) is 29.3 Å². The van der Waals surface area contributed by atoms with Crippen LogP contribution in [0, 0.1) is 5.92 Å². The van der Waals surface area contributed by atoms with Gasteiger partial charge in [0.1, 0.15) is 0 Å². The van der Waals surface area contributed by atoms with Crippen LogP contribution in [0.3, 0.4) is 0 Å². The highest BCUT2D eigenvalue weighted by Crippen LogP contribution is 2.38. The first-order valence-electron chi connectivity index (χ1n) is 6.28. The summed E-state index contributed by atoms with van der Waals surface area (Å²) in [6.45, 7) is 4.25. The fraction of sp³-hybridized carbons (Fsp3) is 0.571. The molecule has 1 aliphatic carbocycles. The van der Waals surface area contributed by atoms with Crippen molar-refractivity contribution >= 4 is 17.3 Å². The molecule has 2 N–H and O–H groups in total. The highest BCUT2D eigenvalue weighted by molar-refractivity contribution is 6.33. The van der Waals surface area contributed by atoms with Crippen molar-refractivity contribution < 1.29 is 0 Å². The SMILES string of the molecule is CC(C1CC1)N(C)c1ccc([C@@H](C)N)cc1Cl. The number of nitrogens with two attached hydrogens (primary N) is 1. The summed E-state index contributed by atoms with van der Waals surface area (Å²) < 4.78 is 0. The normalized spacial score (nSPS) is 18.9. The third-order valence-corrected chi connectivity index (χ3v) is 4.10. The fourth-order valence-corrected chi connectivity index (χ4v) is 2.53. The van der Waals surface area contributed by atoms with Crippen LogP contribution in [0.2, 0.25) is 5.02 Å². The predicted molar refractivity (Wildman–Crippen MR) is 74.6 cm³/mol. The molecule has 2 nitrogen and oxygen atoms in total. The van der Waals surface area contributed by atoms with Gasteiger partial charge in [-0.15, -0.1) is 0 Å². The number of hydrogen-bond acceptors (Lipinski definition) is 2. The standard InChI is InChI=1S/C14H21ClN2/c1-9(16)12-6-7-14(13(15)8-12)17(3)10(2)11-4-5-11/h6-11H,4-5,16H2,1-3H3/t9-,10?/m1/s1. The molecule has 0 saturated heterocycles. The second-order valence-electron chi connectivity index (χ2n) is 5.19. The molecule has 2 atom stereocenters. The first-order valence-corrected chi connectivity index (χ1v) is 6.66. The molecule has 0 aliphatic heterocycles. The first kappa shape index (κ1) is 12.7. The predicted octanol–water partition coefficient (Wildman–Crippen LogP) is 3.59. The minimum absolute atomic E-state index is 0.0349. The third-order valence-electron chi connectivity index (χ3n) is 3.79. The minimum atomic E-state index is 0.0349. The zero-order valence-electron chi connectivity index (χ0n) is 10.8. The van der Waals surface area contributed by atoms with Gasteiger partial charge >= 0.3 is 0 Å². The third kappa shape index (κ3) is 2.75. The average Bonchev–Trinajstić information content (AvgIpc) is 3.10. The highest BCUT2D eigenvalue weighted by atomic mass is 35.5. The van der Waals surface area contributed by atoms with Gasteiger partial charge in [-0.2, -0.15) is 0 Å². The molecule has 17 heavy (non-hydrogen) atoms. The van der Waals surface area contributed by atoms with E-state index in [1.807, 2.05) is 13.0 Å². The van der Waals surface area contributed by atoms with Gasteiger partial charge in [0.05, 0.1) is 10.7 Å². The lowest BCUT2D eigenvalue weighted by molar-refractivity contribution is 0.609. The second kappa shape index (κ2) is 4.87. The van der Waals surface area contributed by atoms with Crippen LogP contribution in [-0.4, -0.2) is 13.1 Å². The smallest absolute Gasteiger partial charge is 0.0642 e. The van der Waals surface area contributed by atoms with Gasteiger partial charge in [-0.05, 0) is 50.3 Å². The van der Waals surface area contributed by atoms with Crippen LogP contribution in [0.5, 0.6) is 0 Å². The summed E-state index contributed by atoms with van der Waals surface area (Å²) in [4.78, 5) is 2.28. The largest absolute Gasteiger partial charge is 0.370 e. The molecule has 1 fully saturated rings. The molecule has 0 amide bonds. The van der Waals surface area contributed by atoms with Crippen molar-refractivity contribution in [3.63, 3.8) is 0 Å². The molecule has 2 rings (SSSR count). The van der Waals surface area contributed by atoms with Gasteiger partial charge in [0.2, 0.25) is 0 Å². The number of anilines is 1. The molecule has 1 aliphatic rings. The van der Waals surface area contributed by atoms with Crippen LogP contribution in [0.15, 0.2) is 18.2 Å². The molecule has 0 radical (unpaired) electrons. The summed E-state index contributed by atoms with van der Waals surface area (Å²) in [5, 5.41) is 0.801. The minimum Gasteiger partial charge on any atom is -0.370 e. The van der Waals surface area contributed by atoms with Crippen molar-refractivity contribution in [2.75, 3.05) is 11.9 Å². The van der Waals surface area contributed by atoms with Gasteiger partial charge < -0.3 is 10.6 Å². The van der Waals surface area contributed by atoms with E-state index in [1.165, 1.54) is 12.8 Å². The van der Waals surface area contributed by atoms with Gasteiger partial charge in [-0.3, -0.25) is 0 Å². The lowest BCUT2D eigenvalue weighted by Crippen LogP contribution is -2.30. The summed E-state index contributed by atoms with van der Waals surface area (Å²) in [6.07, 6.45) is 2.70. The zero-order chi connectivity index (χ0) is 12.6. The monoisotopic (exact) mass is 252 g/mol. The van der Waals surface area contributed by atoms with Crippen molar-refractivity contribution in [3.8, 4) is 0 Å². The van der Waals surface area contributed by atoms with E-state index in [9.17, 15) is 0 Å². The number of hydrogen-bond donors (Lipinski definition) is 1. The Bertz CT molecular complexity index is 399. The zero-order valence-corrected chi connectivity index (χ0v) is 11.5. The highest BCUT2D eigenvalue weighted by Gasteiger charge is 2.31. The molecule has 1 aromatic carbocycles. The quantitative estimate of drug-likeness (QED) is 0.887. The van der Waals surface area contributed by atoms with E-state index in [0.717, 1.165) is 22.2 Å². The number of benzene rings is 1. The maximum Gasteiger partial charge on any atom is 0.0642 e. The molecule has 0 aromatic heterocycles. The van der Waals surface area contributed by atoms with Crippen molar-refractivity contribution in [2.24, 2.45) is 11.7 Å². The Morgan fingerprint density at radius 3 is 2.47 bits per heavy atom. The van der Waals surface area contributed by atoms with Crippen molar-refractivity contribution in [1.29, 1.82) is 0 Å². The Hall–Kier alpha value is -0.730. The Labute approximate surface area is 109 Å². The Balaban J connectivity index is 2.20. The van der Waals surface area contributed by atoms with Crippen LogP contribution in [0.1, 0.15) is 38.3 Å². The first-order chi connectivity index (χ1) is 8.00. The lowest BCUT2D eigenvalue weighted by Gasteiger charge is -2.28. The summed E-state index contributed by atoms with van der Waals surface area (Å²) >= 11 is 6.34. The van der Waals surface area contributed by atoms with E-state index in [2.05, 4.69) is 31.0 Å². The fourth-order valence-electron chi connectivity index (χ4n) is 2.21. The van der Waals surface area contributed by atoms with Crippen LogP contribution >= 0.6 is 11.6 Å². The number of rotatable bonds is 4. The Kier molecular flexibility index (Phi) is 3.64. The van der Waals surface area contributed by atoms with Crippen molar-refractivity contribution in [2.45, 2.75) is 38.8 Å². The molecule has 0 bridgehead atoms. The average molecular weight is 253 g/mol. The molecule has 0 heterocycles. The Morgan fingerprint density at radius 1 is 1.35 bits per heavy atom. The van der Waals surface area contributed by atoms with Gasteiger partial charge in [0, 0.05) is 19.1 Å². The summed E-state index contributed by atoms with van der Waals surface area (Å²) in [6, 6.07) is 6.74. The summed E-state index contributed by atoms with van der Waals surface area (Å²) in [5.41, 5.74) is 8.05. The van der Waals surface area contributed by atoms with Crippen LogP contribution in [0.4, 0.5) is 5.69 Å². The maximum atomic E-state index is 6.34. The Morgan fingerprint density at radius 2 is 2.00 bits per heavy atom.